The molecule has 0 heterocycles. The van der Waals surface area contributed by atoms with Crippen LogP contribution in [-0.2, 0) is 14.3 Å². The lowest BCUT2D eigenvalue weighted by molar-refractivity contribution is -0.148. The van der Waals surface area contributed by atoms with Gasteiger partial charge in [-0.05, 0) is 41.5 Å². The maximum atomic E-state index is 12.7. The number of allylic oxidation sites excluding steroid dienone is 1. The van der Waals surface area contributed by atoms with Crippen LogP contribution in [0.3, 0.4) is 0 Å². The van der Waals surface area contributed by atoms with Gasteiger partial charge in [-0.2, -0.15) is 0 Å². The van der Waals surface area contributed by atoms with Crippen LogP contribution in [0.5, 0.6) is 0 Å². The Balaban J connectivity index is 1.58. The minimum absolute atomic E-state index is 0.0563. The second-order valence-electron chi connectivity index (χ2n) is 7.11. The van der Waals surface area contributed by atoms with Gasteiger partial charge in [-0.3, -0.25) is 0 Å². The third-order valence-electron chi connectivity index (χ3n) is 5.55. The summed E-state index contributed by atoms with van der Waals surface area (Å²) in [5.74, 6) is -1.90. The molecule has 5 heteroatoms. The second-order valence-corrected chi connectivity index (χ2v) is 7.11. The number of esters is 1. The van der Waals surface area contributed by atoms with Crippen LogP contribution in [0.15, 0.2) is 60.2 Å². The smallest absolute Gasteiger partial charge is 0.336 e. The van der Waals surface area contributed by atoms with Crippen LogP contribution in [0.4, 0.5) is 0 Å². The van der Waals surface area contributed by atoms with E-state index in [1.807, 2.05) is 36.4 Å². The van der Waals surface area contributed by atoms with E-state index in [4.69, 9.17) is 10.5 Å². The molecule has 0 radical (unpaired) electrons. The molecule has 2 aromatic carbocycles. The van der Waals surface area contributed by atoms with Crippen LogP contribution in [-0.4, -0.2) is 29.2 Å². The van der Waals surface area contributed by atoms with Crippen molar-refractivity contribution in [3.8, 4) is 11.1 Å². The summed E-state index contributed by atoms with van der Waals surface area (Å²) in [5.41, 5.74) is 8.92. The maximum absolute atomic E-state index is 12.7. The van der Waals surface area contributed by atoms with Gasteiger partial charge in [-0.1, -0.05) is 54.6 Å². The van der Waals surface area contributed by atoms with E-state index in [2.05, 4.69) is 12.1 Å². The van der Waals surface area contributed by atoms with Crippen LogP contribution in [0.25, 0.3) is 11.1 Å². The van der Waals surface area contributed by atoms with Crippen molar-refractivity contribution in [3.63, 3.8) is 0 Å². The lowest BCUT2D eigenvalue weighted by Gasteiger charge is -2.30. The first-order valence-corrected chi connectivity index (χ1v) is 9.10. The van der Waals surface area contributed by atoms with Gasteiger partial charge in [0.25, 0.3) is 0 Å². The van der Waals surface area contributed by atoms with Gasteiger partial charge in [0.05, 0.1) is 5.57 Å². The number of carbonyl (C=O) groups is 2. The Bertz CT molecular complexity index is 903. The van der Waals surface area contributed by atoms with Crippen molar-refractivity contribution < 1.29 is 19.4 Å². The zero-order valence-corrected chi connectivity index (χ0v) is 14.9. The summed E-state index contributed by atoms with van der Waals surface area (Å²) in [6, 6.07) is 16.1. The van der Waals surface area contributed by atoms with E-state index in [-0.39, 0.29) is 24.5 Å². The number of aliphatic carboxylic acids is 1. The maximum Gasteiger partial charge on any atom is 0.336 e. The first-order valence-electron chi connectivity index (χ1n) is 9.10. The molecule has 5 nitrogen and oxygen atoms in total. The Hall–Kier alpha value is -2.92. The molecule has 0 saturated carbocycles. The van der Waals surface area contributed by atoms with E-state index >= 15 is 0 Å². The lowest BCUT2D eigenvalue weighted by Crippen LogP contribution is -2.53. The van der Waals surface area contributed by atoms with Crippen molar-refractivity contribution >= 4 is 11.9 Å². The van der Waals surface area contributed by atoms with Gasteiger partial charge in [-0.25, -0.2) is 9.59 Å². The van der Waals surface area contributed by atoms with Gasteiger partial charge in [0, 0.05) is 5.92 Å². The number of carboxylic acids is 1. The lowest BCUT2D eigenvalue weighted by atomic mass is 9.81. The molecule has 0 spiro atoms. The van der Waals surface area contributed by atoms with Gasteiger partial charge < -0.3 is 15.6 Å². The molecular formula is C22H21NO4. The van der Waals surface area contributed by atoms with Gasteiger partial charge in [0.1, 0.15) is 12.1 Å². The van der Waals surface area contributed by atoms with Crippen molar-refractivity contribution in [1.82, 2.24) is 0 Å². The number of hydrogen-bond acceptors (Lipinski definition) is 4. The molecule has 1 unspecified atom stereocenters. The van der Waals surface area contributed by atoms with E-state index in [1.165, 1.54) is 0 Å². The number of carbonyl (C=O) groups excluding carboxylic acids is 1. The van der Waals surface area contributed by atoms with E-state index in [0.717, 1.165) is 22.3 Å². The van der Waals surface area contributed by atoms with Crippen molar-refractivity contribution in [2.45, 2.75) is 30.7 Å². The molecule has 3 N–H and O–H groups in total. The minimum Gasteiger partial charge on any atom is -0.480 e. The Labute approximate surface area is 157 Å². The zero-order chi connectivity index (χ0) is 19.0. The molecule has 2 aromatic rings. The summed E-state index contributed by atoms with van der Waals surface area (Å²) in [6.07, 6.45) is 3.11. The summed E-state index contributed by atoms with van der Waals surface area (Å²) in [4.78, 5) is 24.3. The summed E-state index contributed by atoms with van der Waals surface area (Å²) in [6.45, 7) is 0.153. The zero-order valence-electron chi connectivity index (χ0n) is 14.9. The van der Waals surface area contributed by atoms with Gasteiger partial charge in [0.2, 0.25) is 0 Å². The number of carboxylic acid groups (broad SMARTS) is 1. The van der Waals surface area contributed by atoms with Crippen molar-refractivity contribution in [1.29, 1.82) is 0 Å². The molecule has 0 saturated heterocycles. The summed E-state index contributed by atoms with van der Waals surface area (Å²) < 4.78 is 5.57. The first kappa shape index (κ1) is 17.5. The monoisotopic (exact) mass is 363 g/mol. The number of fused-ring (bicyclic) bond motifs is 3. The fourth-order valence-corrected chi connectivity index (χ4v) is 4.11. The molecule has 0 aromatic heterocycles. The number of hydrogen-bond donors (Lipinski definition) is 2. The molecular weight excluding hydrogens is 342 g/mol. The Morgan fingerprint density at radius 3 is 2.26 bits per heavy atom. The van der Waals surface area contributed by atoms with Crippen LogP contribution < -0.4 is 5.73 Å². The summed E-state index contributed by atoms with van der Waals surface area (Å²) in [7, 11) is 0. The first-order chi connectivity index (χ1) is 13.0. The quantitative estimate of drug-likeness (QED) is 0.814. The topological polar surface area (TPSA) is 89.6 Å². The van der Waals surface area contributed by atoms with Crippen molar-refractivity contribution in [3.05, 3.63) is 71.3 Å². The van der Waals surface area contributed by atoms with E-state index < -0.39 is 17.5 Å². The standard InChI is InChI=1S/C22H21NO4/c23-22(21(25)26)12-6-5-11-19(22)20(24)27-13-18-16-9-3-1-7-14(16)15-8-2-4-10-17(15)18/h1-4,7-11,18H,5-6,12-13,23H2,(H,25,26). The predicted octanol–water partition coefficient (Wildman–Crippen LogP) is 3.23. The number of ether oxygens (including phenoxy) is 1. The Morgan fingerprint density at radius 2 is 1.67 bits per heavy atom. The average Bonchev–Trinajstić information content (AvgIpc) is 3.00. The van der Waals surface area contributed by atoms with E-state index in [0.29, 0.717) is 12.8 Å². The fraction of sp³-hybridized carbons (Fsp3) is 0.273. The molecule has 0 aliphatic heterocycles. The molecule has 4 rings (SSSR count). The molecule has 0 bridgehead atoms. The third-order valence-corrected chi connectivity index (χ3v) is 5.55. The Morgan fingerprint density at radius 1 is 1.07 bits per heavy atom. The van der Waals surface area contributed by atoms with Crippen LogP contribution in [0.1, 0.15) is 36.3 Å². The summed E-state index contributed by atoms with van der Waals surface area (Å²) in [5, 5.41) is 9.48. The van der Waals surface area contributed by atoms with Crippen molar-refractivity contribution in [2.24, 2.45) is 5.73 Å². The molecule has 0 fully saturated rings. The van der Waals surface area contributed by atoms with Crippen LogP contribution in [0.2, 0.25) is 0 Å². The van der Waals surface area contributed by atoms with E-state index in [1.54, 1.807) is 6.08 Å². The fourth-order valence-electron chi connectivity index (χ4n) is 4.11. The highest BCUT2D eigenvalue weighted by molar-refractivity contribution is 6.00. The Kier molecular flexibility index (Phi) is 4.32. The van der Waals surface area contributed by atoms with Crippen molar-refractivity contribution in [2.75, 3.05) is 6.61 Å². The molecule has 2 aliphatic rings. The van der Waals surface area contributed by atoms with E-state index in [9.17, 15) is 14.7 Å². The number of nitrogens with two attached hydrogens (primary N) is 1. The molecule has 0 amide bonds. The highest BCUT2D eigenvalue weighted by atomic mass is 16.5. The summed E-state index contributed by atoms with van der Waals surface area (Å²) >= 11 is 0. The van der Waals surface area contributed by atoms with Crippen LogP contribution in [0, 0.1) is 0 Å². The molecule has 1 atom stereocenters. The molecule has 2 aliphatic carbocycles. The largest absolute Gasteiger partial charge is 0.480 e. The predicted molar refractivity (Wildman–Crippen MR) is 101 cm³/mol. The SMILES string of the molecule is NC1(C(=O)O)CCCC=C1C(=O)OCC1c2ccccc2-c2ccccc21. The molecule has 27 heavy (non-hydrogen) atoms. The van der Waals surface area contributed by atoms with Gasteiger partial charge >= 0.3 is 11.9 Å². The highest BCUT2D eigenvalue weighted by Crippen LogP contribution is 2.44. The number of rotatable bonds is 4. The van der Waals surface area contributed by atoms with Crippen LogP contribution >= 0.6 is 0 Å². The minimum atomic E-state index is -1.67. The second kappa shape index (κ2) is 6.67. The molecule has 138 valence electrons. The van der Waals surface area contributed by atoms with Gasteiger partial charge in [-0.15, -0.1) is 0 Å². The highest BCUT2D eigenvalue weighted by Gasteiger charge is 2.43. The normalized spacial score (nSPS) is 21.1. The van der Waals surface area contributed by atoms with Gasteiger partial charge in [0.15, 0.2) is 0 Å². The average molecular weight is 363 g/mol. The number of benzene rings is 2. The third kappa shape index (κ3) is 2.84.